The maximum absolute atomic E-state index is 10.1. The lowest BCUT2D eigenvalue weighted by Gasteiger charge is -2.23. The molecule has 0 rings (SSSR count). The van der Waals surface area contributed by atoms with E-state index in [9.17, 15) is 9.59 Å². The number of carboxylic acids is 2. The van der Waals surface area contributed by atoms with Gasteiger partial charge in [0.1, 0.15) is 36.6 Å². The zero-order valence-electron chi connectivity index (χ0n) is 13.2. The van der Waals surface area contributed by atoms with E-state index >= 15 is 0 Å². The molecular weight excluding hydrogens is 368 g/mol. The summed E-state index contributed by atoms with van der Waals surface area (Å²) < 4.78 is 0. The molecule has 0 fully saturated rings. The fourth-order valence-electron chi connectivity index (χ4n) is 1.34. The molecule has 0 amide bonds. The second-order valence-corrected chi connectivity index (χ2v) is 5.03. The molecule has 0 aliphatic heterocycles. The van der Waals surface area contributed by atoms with Crippen molar-refractivity contribution in [1.29, 1.82) is 0 Å². The molecule has 14 heteroatoms. The Morgan fingerprint density at radius 1 is 0.538 bits per heavy atom. The summed E-state index contributed by atoms with van der Waals surface area (Å²) in [6, 6.07) is 0. The lowest BCUT2D eigenvalue weighted by atomic mass is 10.0. The first-order chi connectivity index (χ1) is 11.8. The van der Waals surface area contributed by atoms with E-state index in [-0.39, 0.29) is 0 Å². The van der Waals surface area contributed by atoms with Crippen LogP contribution < -0.4 is 0 Å². The van der Waals surface area contributed by atoms with Gasteiger partial charge in [0.25, 0.3) is 0 Å². The van der Waals surface area contributed by atoms with Crippen LogP contribution in [0.15, 0.2) is 0 Å². The number of hydrogen-bond acceptors (Lipinski definition) is 12. The molecule has 26 heavy (non-hydrogen) atoms. The fraction of sp³-hybridized carbons (Fsp3) is 0.833. The van der Waals surface area contributed by atoms with Crippen molar-refractivity contribution in [3.8, 4) is 0 Å². The molecule has 0 radical (unpaired) electrons. The van der Waals surface area contributed by atoms with Gasteiger partial charge in [0.15, 0.2) is 12.2 Å². The summed E-state index contributed by atoms with van der Waals surface area (Å²) in [5.41, 5.74) is 0. The maximum Gasteiger partial charge on any atom is 0.335 e. The molecule has 0 saturated carbocycles. The summed E-state index contributed by atoms with van der Waals surface area (Å²) in [7, 11) is 0. The number of carbonyl (C=O) groups is 2. The molecule has 0 aliphatic carbocycles. The standard InChI is InChI=1S/2C6H12O7/c2*7-1-2(8)3(9)4(10)5(11)6(12)13/h2*2-5,7-11H,1H2,(H,12,13)/t2-,3+,4+,5-;2-,3+,4-,5+/m11/s1. The van der Waals surface area contributed by atoms with Crippen LogP contribution in [0.1, 0.15) is 0 Å². The highest BCUT2D eigenvalue weighted by molar-refractivity contribution is 5.73. The Hall–Kier alpha value is -1.46. The SMILES string of the molecule is O=C(O)[C@@H](O)[C@H](O)[C@@H](O)[C@H](O)CO.O=C(O)[C@H](O)[C@@H](O)[C@@H](O)[C@H](O)CO. The van der Waals surface area contributed by atoms with Gasteiger partial charge in [-0.25, -0.2) is 9.59 Å². The van der Waals surface area contributed by atoms with Crippen LogP contribution in [0.3, 0.4) is 0 Å². The molecule has 0 unspecified atom stereocenters. The number of rotatable bonds is 10. The van der Waals surface area contributed by atoms with Gasteiger partial charge in [-0.3, -0.25) is 0 Å². The lowest BCUT2D eigenvalue weighted by Crippen LogP contribution is -2.48. The first-order valence-electron chi connectivity index (χ1n) is 6.95. The highest BCUT2D eigenvalue weighted by atomic mass is 16.4. The van der Waals surface area contributed by atoms with E-state index < -0.39 is 74.0 Å². The molecule has 0 aromatic rings. The van der Waals surface area contributed by atoms with Gasteiger partial charge < -0.3 is 61.3 Å². The topological polar surface area (TPSA) is 277 Å². The number of hydrogen-bond donors (Lipinski definition) is 12. The van der Waals surface area contributed by atoms with Gasteiger partial charge in [0.05, 0.1) is 13.2 Å². The average Bonchev–Trinajstić information content (AvgIpc) is 2.62. The molecule has 14 nitrogen and oxygen atoms in total. The molecule has 0 bridgehead atoms. The Balaban J connectivity index is 0. The third-order valence-corrected chi connectivity index (χ3v) is 3.02. The third-order valence-electron chi connectivity index (χ3n) is 3.02. The molecule has 156 valence electrons. The molecule has 0 spiro atoms. The van der Waals surface area contributed by atoms with E-state index in [0.29, 0.717) is 0 Å². The van der Waals surface area contributed by atoms with Gasteiger partial charge in [-0.15, -0.1) is 0 Å². The summed E-state index contributed by atoms with van der Waals surface area (Å²) in [5.74, 6) is -3.45. The Morgan fingerprint density at radius 3 is 0.923 bits per heavy atom. The Bertz CT molecular complexity index is 379. The molecule has 0 heterocycles. The molecule has 0 saturated heterocycles. The fourth-order valence-corrected chi connectivity index (χ4v) is 1.34. The van der Waals surface area contributed by atoms with Gasteiger partial charge in [-0.2, -0.15) is 0 Å². The quantitative estimate of drug-likeness (QED) is 0.165. The summed E-state index contributed by atoms with van der Waals surface area (Å²) in [5, 5.41) is 104. The zero-order valence-corrected chi connectivity index (χ0v) is 13.2. The van der Waals surface area contributed by atoms with Crippen LogP contribution in [0, 0.1) is 0 Å². The molecule has 0 aromatic carbocycles. The maximum atomic E-state index is 10.1. The van der Waals surface area contributed by atoms with E-state index in [0.717, 1.165) is 0 Å². The van der Waals surface area contributed by atoms with Gasteiger partial charge in [0, 0.05) is 0 Å². The van der Waals surface area contributed by atoms with Crippen molar-refractivity contribution in [2.75, 3.05) is 13.2 Å². The number of aliphatic hydroxyl groups excluding tert-OH is 10. The van der Waals surface area contributed by atoms with Crippen molar-refractivity contribution in [1.82, 2.24) is 0 Å². The summed E-state index contributed by atoms with van der Waals surface area (Å²) in [6.07, 6.45) is -15.7. The summed E-state index contributed by atoms with van der Waals surface area (Å²) in [6.45, 7) is -1.69. The third kappa shape index (κ3) is 8.77. The predicted molar refractivity (Wildman–Crippen MR) is 77.5 cm³/mol. The minimum Gasteiger partial charge on any atom is -0.479 e. The monoisotopic (exact) mass is 392 g/mol. The minimum absolute atomic E-state index is 0.843. The number of carboxylic acid groups (broad SMARTS) is 2. The normalized spacial score (nSPS) is 20.4. The zero-order chi connectivity index (χ0) is 21.2. The van der Waals surface area contributed by atoms with E-state index in [1.807, 2.05) is 0 Å². The summed E-state index contributed by atoms with van der Waals surface area (Å²) >= 11 is 0. The van der Waals surface area contributed by atoms with E-state index in [1.165, 1.54) is 0 Å². The highest BCUT2D eigenvalue weighted by Gasteiger charge is 2.34. The van der Waals surface area contributed by atoms with Gasteiger partial charge >= 0.3 is 11.9 Å². The van der Waals surface area contributed by atoms with Crippen LogP contribution >= 0.6 is 0 Å². The molecule has 8 atom stereocenters. The van der Waals surface area contributed by atoms with Crippen LogP contribution in [0.4, 0.5) is 0 Å². The number of aliphatic hydroxyl groups is 10. The second-order valence-electron chi connectivity index (χ2n) is 5.03. The lowest BCUT2D eigenvalue weighted by molar-refractivity contribution is -0.164. The van der Waals surface area contributed by atoms with Crippen LogP contribution in [0.2, 0.25) is 0 Å². The smallest absolute Gasteiger partial charge is 0.335 e. The number of aliphatic carboxylic acids is 2. The average molecular weight is 392 g/mol. The van der Waals surface area contributed by atoms with Gasteiger partial charge in [-0.1, -0.05) is 0 Å². The van der Waals surface area contributed by atoms with Crippen LogP contribution in [-0.2, 0) is 9.59 Å². The molecule has 12 N–H and O–H groups in total. The van der Waals surface area contributed by atoms with Crippen LogP contribution in [0.5, 0.6) is 0 Å². The predicted octanol–water partition coefficient (Wildman–Crippen LogP) is -6.99. The van der Waals surface area contributed by atoms with E-state index in [2.05, 4.69) is 0 Å². The largest absolute Gasteiger partial charge is 0.479 e. The Labute approximate surface area is 146 Å². The van der Waals surface area contributed by atoms with Crippen LogP contribution in [-0.4, -0.2) is 135 Å². The van der Waals surface area contributed by atoms with Crippen molar-refractivity contribution in [3.05, 3.63) is 0 Å². The van der Waals surface area contributed by atoms with Crippen molar-refractivity contribution >= 4 is 11.9 Å². The summed E-state index contributed by atoms with van der Waals surface area (Å²) in [4.78, 5) is 20.2. The van der Waals surface area contributed by atoms with E-state index in [4.69, 9.17) is 61.3 Å². The molecular formula is C12H24O14. The molecule has 0 aromatic heterocycles. The Kier molecular flexibility index (Phi) is 13.2. The first-order valence-corrected chi connectivity index (χ1v) is 6.95. The van der Waals surface area contributed by atoms with Crippen molar-refractivity contribution in [3.63, 3.8) is 0 Å². The van der Waals surface area contributed by atoms with Crippen molar-refractivity contribution < 1.29 is 70.9 Å². The first kappa shape index (κ1) is 26.8. The van der Waals surface area contributed by atoms with Crippen LogP contribution in [0.25, 0.3) is 0 Å². The highest BCUT2D eigenvalue weighted by Crippen LogP contribution is 2.05. The Morgan fingerprint density at radius 2 is 0.769 bits per heavy atom. The van der Waals surface area contributed by atoms with Crippen molar-refractivity contribution in [2.24, 2.45) is 0 Å². The minimum atomic E-state index is -2.20. The van der Waals surface area contributed by atoms with Crippen molar-refractivity contribution in [2.45, 2.75) is 48.8 Å². The second kappa shape index (κ2) is 12.8. The van der Waals surface area contributed by atoms with Gasteiger partial charge in [-0.05, 0) is 0 Å². The van der Waals surface area contributed by atoms with Gasteiger partial charge in [0.2, 0.25) is 0 Å². The molecule has 0 aliphatic rings. The van der Waals surface area contributed by atoms with E-state index in [1.54, 1.807) is 0 Å².